The van der Waals surface area contributed by atoms with E-state index in [1.165, 1.54) is 0 Å². The molecule has 0 aliphatic rings. The Morgan fingerprint density at radius 1 is 1.14 bits per heavy atom. The highest BCUT2D eigenvalue weighted by Crippen LogP contribution is 2.24. The predicted octanol–water partition coefficient (Wildman–Crippen LogP) is 1.04. The lowest BCUT2D eigenvalue weighted by atomic mass is 10.2. The third kappa shape index (κ3) is 1.13. The maximum atomic E-state index is 4.23. The molecular weight excluding hydrogens is 178 g/mol. The van der Waals surface area contributed by atoms with Gasteiger partial charge in [-0.2, -0.15) is 10.2 Å². The van der Waals surface area contributed by atoms with Crippen LogP contribution in [0.1, 0.15) is 11.4 Å². The van der Waals surface area contributed by atoms with Gasteiger partial charge in [0.25, 0.3) is 0 Å². The smallest absolute Gasteiger partial charge is 0.179 e. The first kappa shape index (κ1) is 8.93. The lowest BCUT2D eigenvalue weighted by Gasteiger charge is -2.10. The van der Waals surface area contributed by atoms with E-state index in [0.717, 1.165) is 28.1 Å². The number of hydrogen-bond acceptors (Lipinski definition) is 4. The SMILES string of the molecule is Cc1nnc(N(C)C)c2n[nH]c(C)c12. The molecule has 0 spiro atoms. The molecule has 5 heteroatoms. The van der Waals surface area contributed by atoms with Gasteiger partial charge in [0.2, 0.25) is 0 Å². The second kappa shape index (κ2) is 2.94. The van der Waals surface area contributed by atoms with Gasteiger partial charge in [0.15, 0.2) is 5.82 Å². The van der Waals surface area contributed by atoms with Gasteiger partial charge in [-0.05, 0) is 13.8 Å². The average molecular weight is 191 g/mol. The van der Waals surface area contributed by atoms with Crippen molar-refractivity contribution in [2.24, 2.45) is 0 Å². The van der Waals surface area contributed by atoms with Gasteiger partial charge >= 0.3 is 0 Å². The Morgan fingerprint density at radius 2 is 1.86 bits per heavy atom. The zero-order valence-corrected chi connectivity index (χ0v) is 8.79. The van der Waals surface area contributed by atoms with Crippen molar-refractivity contribution >= 4 is 16.7 Å². The van der Waals surface area contributed by atoms with E-state index in [1.807, 2.05) is 32.8 Å². The zero-order valence-electron chi connectivity index (χ0n) is 8.79. The van der Waals surface area contributed by atoms with Crippen molar-refractivity contribution in [1.29, 1.82) is 0 Å². The van der Waals surface area contributed by atoms with Crippen LogP contribution < -0.4 is 4.90 Å². The van der Waals surface area contributed by atoms with Crippen LogP contribution in [-0.2, 0) is 0 Å². The number of rotatable bonds is 1. The van der Waals surface area contributed by atoms with E-state index in [9.17, 15) is 0 Å². The summed E-state index contributed by atoms with van der Waals surface area (Å²) in [6.07, 6.45) is 0. The third-order valence-electron chi connectivity index (χ3n) is 2.24. The highest BCUT2D eigenvalue weighted by molar-refractivity contribution is 5.91. The van der Waals surface area contributed by atoms with Crippen molar-refractivity contribution in [3.05, 3.63) is 11.4 Å². The number of nitrogens with zero attached hydrogens (tertiary/aromatic N) is 4. The molecule has 2 rings (SSSR count). The van der Waals surface area contributed by atoms with Crippen molar-refractivity contribution in [2.75, 3.05) is 19.0 Å². The standard InChI is InChI=1S/C9H13N5/c1-5-7-6(2)11-13-9(14(3)4)8(7)12-10-5/h1-4H3,(H,10,12). The van der Waals surface area contributed by atoms with E-state index in [1.54, 1.807) is 0 Å². The second-order valence-corrected chi connectivity index (χ2v) is 3.58. The van der Waals surface area contributed by atoms with Gasteiger partial charge in [-0.15, -0.1) is 5.10 Å². The number of aryl methyl sites for hydroxylation is 2. The largest absolute Gasteiger partial charge is 0.359 e. The molecule has 74 valence electrons. The molecule has 0 fully saturated rings. The van der Waals surface area contributed by atoms with Crippen LogP contribution in [0.4, 0.5) is 5.82 Å². The maximum Gasteiger partial charge on any atom is 0.179 e. The molecule has 0 aromatic carbocycles. The van der Waals surface area contributed by atoms with E-state index in [4.69, 9.17) is 0 Å². The molecule has 0 amide bonds. The summed E-state index contributed by atoms with van der Waals surface area (Å²) >= 11 is 0. The summed E-state index contributed by atoms with van der Waals surface area (Å²) in [7, 11) is 3.87. The van der Waals surface area contributed by atoms with Crippen LogP contribution in [0.15, 0.2) is 0 Å². The number of fused-ring (bicyclic) bond motifs is 1. The van der Waals surface area contributed by atoms with Gasteiger partial charge in [-0.25, -0.2) is 0 Å². The number of nitrogens with one attached hydrogen (secondary N) is 1. The lowest BCUT2D eigenvalue weighted by Crippen LogP contribution is -2.12. The lowest BCUT2D eigenvalue weighted by molar-refractivity contribution is 0.949. The zero-order chi connectivity index (χ0) is 10.3. The molecule has 0 bridgehead atoms. The number of aromatic nitrogens is 4. The number of anilines is 1. The van der Waals surface area contributed by atoms with Gasteiger partial charge < -0.3 is 4.90 Å². The molecule has 0 aliphatic heterocycles. The van der Waals surface area contributed by atoms with Gasteiger partial charge in [-0.1, -0.05) is 0 Å². The number of hydrogen-bond donors (Lipinski definition) is 1. The summed E-state index contributed by atoms with van der Waals surface area (Å²) in [6.45, 7) is 3.93. The molecular formula is C9H13N5. The molecule has 0 unspecified atom stereocenters. The Hall–Kier alpha value is -1.65. The Kier molecular flexibility index (Phi) is 1.87. The summed E-state index contributed by atoms with van der Waals surface area (Å²) in [6, 6.07) is 0. The third-order valence-corrected chi connectivity index (χ3v) is 2.24. The van der Waals surface area contributed by atoms with Crippen molar-refractivity contribution in [3.63, 3.8) is 0 Å². The van der Waals surface area contributed by atoms with E-state index in [0.29, 0.717) is 0 Å². The van der Waals surface area contributed by atoms with Crippen molar-refractivity contribution in [1.82, 2.24) is 20.4 Å². The van der Waals surface area contributed by atoms with Crippen LogP contribution >= 0.6 is 0 Å². The fourth-order valence-electron chi connectivity index (χ4n) is 1.55. The quantitative estimate of drug-likeness (QED) is 0.731. The number of aromatic amines is 1. The van der Waals surface area contributed by atoms with E-state index >= 15 is 0 Å². The predicted molar refractivity (Wildman–Crippen MR) is 55.5 cm³/mol. The van der Waals surface area contributed by atoms with E-state index in [-0.39, 0.29) is 0 Å². The number of H-pyrrole nitrogens is 1. The monoisotopic (exact) mass is 191 g/mol. The highest BCUT2D eigenvalue weighted by atomic mass is 15.3. The first-order valence-electron chi connectivity index (χ1n) is 4.46. The summed E-state index contributed by atoms with van der Waals surface area (Å²) in [5.41, 5.74) is 2.84. The first-order valence-corrected chi connectivity index (χ1v) is 4.46. The molecule has 2 heterocycles. The topological polar surface area (TPSA) is 57.7 Å². The molecule has 5 nitrogen and oxygen atoms in total. The van der Waals surface area contributed by atoms with Crippen LogP contribution in [-0.4, -0.2) is 34.5 Å². The minimum atomic E-state index is 0.801. The van der Waals surface area contributed by atoms with E-state index in [2.05, 4.69) is 20.4 Å². The fourth-order valence-corrected chi connectivity index (χ4v) is 1.55. The normalized spacial score (nSPS) is 10.9. The van der Waals surface area contributed by atoms with Gasteiger partial charge in [-0.3, -0.25) is 5.10 Å². The van der Waals surface area contributed by atoms with Crippen LogP contribution in [0.5, 0.6) is 0 Å². The molecule has 14 heavy (non-hydrogen) atoms. The van der Waals surface area contributed by atoms with Gasteiger partial charge in [0.1, 0.15) is 5.52 Å². The minimum Gasteiger partial charge on any atom is -0.359 e. The molecule has 0 atom stereocenters. The molecule has 0 saturated carbocycles. The van der Waals surface area contributed by atoms with E-state index < -0.39 is 0 Å². The van der Waals surface area contributed by atoms with Gasteiger partial charge in [0, 0.05) is 25.2 Å². The molecule has 0 radical (unpaired) electrons. The molecule has 2 aromatic heterocycles. The van der Waals surface area contributed by atoms with Crippen molar-refractivity contribution in [3.8, 4) is 0 Å². The Balaban J connectivity index is 2.83. The summed E-state index contributed by atoms with van der Waals surface area (Å²) in [5.74, 6) is 0.801. The van der Waals surface area contributed by atoms with Crippen LogP contribution in [0.3, 0.4) is 0 Å². The Bertz CT molecular complexity index is 471. The average Bonchev–Trinajstić information content (AvgIpc) is 2.49. The Morgan fingerprint density at radius 3 is 2.50 bits per heavy atom. The summed E-state index contributed by atoms with van der Waals surface area (Å²) in [4.78, 5) is 1.91. The fraction of sp³-hybridized carbons (Fsp3) is 0.444. The van der Waals surface area contributed by atoms with Crippen LogP contribution in [0, 0.1) is 13.8 Å². The maximum absolute atomic E-state index is 4.23. The highest BCUT2D eigenvalue weighted by Gasteiger charge is 2.12. The molecule has 0 saturated heterocycles. The van der Waals surface area contributed by atoms with Crippen LogP contribution in [0.25, 0.3) is 10.9 Å². The summed E-state index contributed by atoms with van der Waals surface area (Å²) < 4.78 is 0. The molecule has 0 aliphatic carbocycles. The molecule has 2 aromatic rings. The first-order chi connectivity index (χ1) is 6.61. The Labute approximate surface area is 82.1 Å². The second-order valence-electron chi connectivity index (χ2n) is 3.58. The molecule has 1 N–H and O–H groups in total. The van der Waals surface area contributed by atoms with Gasteiger partial charge in [0.05, 0.1) is 5.69 Å². The van der Waals surface area contributed by atoms with Crippen molar-refractivity contribution in [2.45, 2.75) is 13.8 Å². The minimum absolute atomic E-state index is 0.801. The van der Waals surface area contributed by atoms with Crippen LogP contribution in [0.2, 0.25) is 0 Å². The summed E-state index contributed by atoms with van der Waals surface area (Å²) in [5, 5.41) is 16.5. The van der Waals surface area contributed by atoms with Crippen molar-refractivity contribution < 1.29 is 0 Å².